The number of rotatable bonds is 4. The van der Waals surface area contributed by atoms with E-state index in [-0.39, 0.29) is 18.2 Å². The third-order valence-corrected chi connectivity index (χ3v) is 5.77. The summed E-state index contributed by atoms with van der Waals surface area (Å²) >= 11 is 3.49. The van der Waals surface area contributed by atoms with Crippen LogP contribution in [0.2, 0.25) is 0 Å². The Morgan fingerprint density at radius 2 is 1.76 bits per heavy atom. The van der Waals surface area contributed by atoms with Crippen molar-refractivity contribution in [3.8, 4) is 0 Å². The summed E-state index contributed by atoms with van der Waals surface area (Å²) < 4.78 is 12.7. The van der Waals surface area contributed by atoms with Gasteiger partial charge in [-0.25, -0.2) is 4.79 Å². The Morgan fingerprint density at radius 3 is 2.32 bits per heavy atom. The van der Waals surface area contributed by atoms with Crippen LogP contribution in [0.1, 0.15) is 52.0 Å². The van der Waals surface area contributed by atoms with Crippen molar-refractivity contribution < 1.29 is 14.3 Å². The zero-order valence-electron chi connectivity index (χ0n) is 15.4. The molecule has 1 saturated heterocycles. The quantitative estimate of drug-likeness (QED) is 0.758. The molecule has 138 valence electrons. The molecule has 2 fully saturated rings. The number of carbonyl (C=O) groups is 1. The van der Waals surface area contributed by atoms with Crippen molar-refractivity contribution in [3.63, 3.8) is 0 Å². The Hall–Kier alpha value is -0.910. The molecule has 5 heteroatoms. The zero-order chi connectivity index (χ0) is 18.1. The number of piperidine rings is 1. The molecule has 0 radical (unpaired) electrons. The van der Waals surface area contributed by atoms with Gasteiger partial charge < -0.3 is 14.8 Å². The highest BCUT2D eigenvalue weighted by atomic mass is 79.9. The third-order valence-electron chi connectivity index (χ3n) is 5.24. The van der Waals surface area contributed by atoms with E-state index in [1.807, 2.05) is 32.9 Å². The average Bonchev–Trinajstić information content (AvgIpc) is 2.51. The van der Waals surface area contributed by atoms with Crippen LogP contribution in [0.4, 0.5) is 0 Å². The lowest BCUT2D eigenvalue weighted by Crippen LogP contribution is -2.55. The van der Waals surface area contributed by atoms with Gasteiger partial charge in [0.1, 0.15) is 12.2 Å². The maximum Gasteiger partial charge on any atom is 0.332 e. The molecule has 1 spiro atoms. The van der Waals surface area contributed by atoms with Crippen LogP contribution < -0.4 is 5.32 Å². The van der Waals surface area contributed by atoms with E-state index in [0.717, 1.165) is 36.0 Å². The largest absolute Gasteiger partial charge is 0.458 e. The van der Waals surface area contributed by atoms with Crippen LogP contribution in [0.3, 0.4) is 0 Å². The van der Waals surface area contributed by atoms with Gasteiger partial charge in [-0.05, 0) is 82.7 Å². The lowest BCUT2D eigenvalue weighted by atomic mass is 9.53. The topological polar surface area (TPSA) is 47.6 Å². The molecule has 1 heterocycles. The number of carbonyl (C=O) groups excluding carboxylic acids is 1. The lowest BCUT2D eigenvalue weighted by molar-refractivity contribution is -0.202. The Bertz CT molecular complexity index is 607. The van der Waals surface area contributed by atoms with Gasteiger partial charge in [0, 0.05) is 4.47 Å². The second-order valence-corrected chi connectivity index (χ2v) is 9.40. The van der Waals surface area contributed by atoms with Crippen molar-refractivity contribution in [1.82, 2.24) is 5.32 Å². The first-order chi connectivity index (χ1) is 11.7. The van der Waals surface area contributed by atoms with E-state index in [9.17, 15) is 4.79 Å². The van der Waals surface area contributed by atoms with Crippen molar-refractivity contribution in [3.05, 3.63) is 34.3 Å². The Labute approximate surface area is 158 Å². The highest BCUT2D eigenvalue weighted by Gasteiger charge is 2.56. The molecule has 25 heavy (non-hydrogen) atoms. The Balaban J connectivity index is 1.72. The first kappa shape index (κ1) is 18.9. The van der Waals surface area contributed by atoms with E-state index < -0.39 is 5.60 Å². The minimum absolute atomic E-state index is 0.00165. The summed E-state index contributed by atoms with van der Waals surface area (Å²) in [6, 6.07) is 8.29. The smallest absolute Gasteiger partial charge is 0.332 e. The number of hydrogen-bond acceptors (Lipinski definition) is 4. The summed E-state index contributed by atoms with van der Waals surface area (Å²) in [5.41, 5.74) is 0.658. The first-order valence-electron chi connectivity index (χ1n) is 9.05. The zero-order valence-corrected chi connectivity index (χ0v) is 16.9. The third kappa shape index (κ3) is 4.44. The minimum atomic E-state index is -0.485. The minimum Gasteiger partial charge on any atom is -0.458 e. The molecular formula is C20H28BrNO3. The number of hydrogen-bond donors (Lipinski definition) is 1. The summed E-state index contributed by atoms with van der Waals surface area (Å²) in [6.45, 7) is 7.78. The van der Waals surface area contributed by atoms with Crippen molar-refractivity contribution in [2.75, 3.05) is 19.7 Å². The van der Waals surface area contributed by atoms with Crippen molar-refractivity contribution in [1.29, 1.82) is 0 Å². The molecular weight excluding hydrogens is 382 g/mol. The average molecular weight is 410 g/mol. The van der Waals surface area contributed by atoms with Crippen LogP contribution in [0.25, 0.3) is 0 Å². The standard InChI is InChI=1S/C20H28BrNO3/c1-18(2,3)25-17(23)12-24-20(15-4-6-16(21)7-5-15)13-19(14-20)8-10-22-11-9-19/h4-7,22H,8-14H2,1-3H3. The monoisotopic (exact) mass is 409 g/mol. The highest BCUT2D eigenvalue weighted by Crippen LogP contribution is 2.60. The maximum absolute atomic E-state index is 12.1. The number of halogens is 1. The summed E-state index contributed by atoms with van der Waals surface area (Å²) in [4.78, 5) is 12.1. The van der Waals surface area contributed by atoms with Gasteiger partial charge in [-0.3, -0.25) is 0 Å². The van der Waals surface area contributed by atoms with Crippen molar-refractivity contribution >= 4 is 21.9 Å². The SMILES string of the molecule is CC(C)(C)OC(=O)COC1(c2ccc(Br)cc2)CC2(CCNCC2)C1. The van der Waals surface area contributed by atoms with Gasteiger partial charge in [0.15, 0.2) is 0 Å². The second-order valence-electron chi connectivity index (χ2n) is 8.48. The van der Waals surface area contributed by atoms with Gasteiger partial charge in [-0.15, -0.1) is 0 Å². The fourth-order valence-corrected chi connectivity index (χ4v) is 4.45. The highest BCUT2D eigenvalue weighted by molar-refractivity contribution is 9.10. The summed E-state index contributed by atoms with van der Waals surface area (Å²) in [6.07, 6.45) is 4.32. The fraction of sp³-hybridized carbons (Fsp3) is 0.650. The Kier molecular flexibility index (Phi) is 5.29. The summed E-state index contributed by atoms with van der Waals surface area (Å²) in [5, 5.41) is 3.44. The van der Waals surface area contributed by atoms with E-state index in [2.05, 4.69) is 33.4 Å². The Morgan fingerprint density at radius 1 is 1.16 bits per heavy atom. The van der Waals surface area contributed by atoms with Crippen molar-refractivity contribution in [2.24, 2.45) is 5.41 Å². The summed E-state index contributed by atoms with van der Waals surface area (Å²) in [5.74, 6) is -0.296. The van der Waals surface area contributed by atoms with E-state index in [1.54, 1.807) is 0 Å². The summed E-state index contributed by atoms with van der Waals surface area (Å²) in [7, 11) is 0. The number of ether oxygens (including phenoxy) is 2. The van der Waals surface area contributed by atoms with Crippen LogP contribution in [0.5, 0.6) is 0 Å². The fourth-order valence-electron chi connectivity index (χ4n) is 4.18. The van der Waals surface area contributed by atoms with E-state index in [0.29, 0.717) is 5.41 Å². The van der Waals surface area contributed by atoms with Gasteiger partial charge in [0.2, 0.25) is 0 Å². The molecule has 1 N–H and O–H groups in total. The molecule has 1 aromatic carbocycles. The van der Waals surface area contributed by atoms with Crippen LogP contribution in [0.15, 0.2) is 28.7 Å². The number of benzene rings is 1. The predicted octanol–water partition coefficient (Wildman–Crippen LogP) is 4.17. The van der Waals surface area contributed by atoms with E-state index in [4.69, 9.17) is 9.47 Å². The first-order valence-corrected chi connectivity index (χ1v) is 9.84. The maximum atomic E-state index is 12.1. The van der Waals surface area contributed by atoms with Crippen LogP contribution in [0, 0.1) is 5.41 Å². The van der Waals surface area contributed by atoms with Gasteiger partial charge in [0.05, 0.1) is 5.60 Å². The molecule has 1 aliphatic heterocycles. The molecule has 2 aliphatic rings. The molecule has 0 amide bonds. The number of esters is 1. The second kappa shape index (κ2) is 7.01. The van der Waals surface area contributed by atoms with Crippen LogP contribution >= 0.6 is 15.9 Å². The van der Waals surface area contributed by atoms with Gasteiger partial charge in [0.25, 0.3) is 0 Å². The molecule has 1 saturated carbocycles. The molecule has 0 aromatic heterocycles. The molecule has 0 unspecified atom stereocenters. The predicted molar refractivity (Wildman–Crippen MR) is 101 cm³/mol. The van der Waals surface area contributed by atoms with Gasteiger partial charge in [-0.2, -0.15) is 0 Å². The van der Waals surface area contributed by atoms with Crippen molar-refractivity contribution in [2.45, 2.75) is 57.7 Å². The number of nitrogens with one attached hydrogen (secondary N) is 1. The molecule has 0 atom stereocenters. The lowest BCUT2D eigenvalue weighted by Gasteiger charge is -2.58. The molecule has 1 aliphatic carbocycles. The molecule has 0 bridgehead atoms. The van der Waals surface area contributed by atoms with Crippen LogP contribution in [-0.4, -0.2) is 31.3 Å². The molecule has 4 nitrogen and oxygen atoms in total. The molecule has 1 aromatic rings. The van der Waals surface area contributed by atoms with E-state index >= 15 is 0 Å². The van der Waals surface area contributed by atoms with Gasteiger partial charge in [-0.1, -0.05) is 28.1 Å². The van der Waals surface area contributed by atoms with Crippen LogP contribution in [-0.2, 0) is 19.9 Å². The molecule has 3 rings (SSSR count). The van der Waals surface area contributed by atoms with E-state index in [1.165, 1.54) is 12.8 Å². The van der Waals surface area contributed by atoms with Gasteiger partial charge >= 0.3 is 5.97 Å². The normalized spacial score (nSPS) is 21.6.